The number of para-hydroxylation sites is 2. The predicted molar refractivity (Wildman–Crippen MR) is 76.3 cm³/mol. The Morgan fingerprint density at radius 2 is 1.61 bits per heavy atom. The van der Waals surface area contributed by atoms with Crippen LogP contribution in [0.4, 0.5) is 11.4 Å². The van der Waals surface area contributed by atoms with Crippen molar-refractivity contribution >= 4 is 23.1 Å². The Labute approximate surface area is 108 Å². The Hall–Kier alpha value is -2.10. The molecule has 1 aromatic rings. The fourth-order valence-electron chi connectivity index (χ4n) is 1.24. The summed E-state index contributed by atoms with van der Waals surface area (Å²) in [6.45, 7) is 7.28. The van der Waals surface area contributed by atoms with Crippen molar-refractivity contribution in [3.05, 3.63) is 36.4 Å². The second-order valence-electron chi connectivity index (χ2n) is 4.38. The van der Waals surface area contributed by atoms with Gasteiger partial charge in [0.2, 0.25) is 5.84 Å². The summed E-state index contributed by atoms with van der Waals surface area (Å²) < 4.78 is 1.97. The fraction of sp³-hybridized carbons (Fsp3) is 0.286. The highest BCUT2D eigenvalue weighted by Crippen LogP contribution is 2.21. The summed E-state index contributed by atoms with van der Waals surface area (Å²) >= 11 is 0. The fourth-order valence-corrected chi connectivity index (χ4v) is 1.24. The Morgan fingerprint density at radius 1 is 1.11 bits per heavy atom. The number of carbonyl (C=O) groups is 1. The first-order valence-corrected chi connectivity index (χ1v) is 5.75. The standard InChI is InChI=1S/C14H19N3O/c1-10(2)14(18)16-13-9-7-6-8-12(13)15-11(3)17(4)5/h6-9H,1H2,2-5H3,(H,16,18)/p+1. The Bertz CT molecular complexity index is 500. The van der Waals surface area contributed by atoms with Gasteiger partial charge in [-0.15, -0.1) is 0 Å². The van der Waals surface area contributed by atoms with E-state index < -0.39 is 0 Å². The molecule has 2 N–H and O–H groups in total. The van der Waals surface area contributed by atoms with E-state index in [1.54, 1.807) is 6.92 Å². The normalized spacial score (nSPS) is 9.56. The van der Waals surface area contributed by atoms with Crippen molar-refractivity contribution < 1.29 is 9.37 Å². The summed E-state index contributed by atoms with van der Waals surface area (Å²) in [5.41, 5.74) is 2.09. The van der Waals surface area contributed by atoms with Gasteiger partial charge in [0.1, 0.15) is 5.69 Å². The highest BCUT2D eigenvalue weighted by atomic mass is 16.1. The molecule has 18 heavy (non-hydrogen) atoms. The van der Waals surface area contributed by atoms with Crippen molar-refractivity contribution in [3.8, 4) is 0 Å². The van der Waals surface area contributed by atoms with E-state index in [0.29, 0.717) is 5.57 Å². The van der Waals surface area contributed by atoms with Crippen LogP contribution in [0.1, 0.15) is 13.8 Å². The maximum Gasteiger partial charge on any atom is 0.250 e. The highest BCUT2D eigenvalue weighted by molar-refractivity contribution is 6.06. The van der Waals surface area contributed by atoms with Gasteiger partial charge in [-0.1, -0.05) is 18.7 Å². The van der Waals surface area contributed by atoms with E-state index in [1.807, 2.05) is 49.9 Å². The second kappa shape index (κ2) is 6.00. The number of amidine groups is 1. The molecule has 0 aliphatic carbocycles. The average molecular weight is 246 g/mol. The smallest absolute Gasteiger partial charge is 0.250 e. The predicted octanol–water partition coefficient (Wildman–Crippen LogP) is 2.30. The summed E-state index contributed by atoms with van der Waals surface area (Å²) in [6.07, 6.45) is 0. The minimum atomic E-state index is -0.174. The zero-order valence-electron chi connectivity index (χ0n) is 11.4. The van der Waals surface area contributed by atoms with E-state index in [4.69, 9.17) is 0 Å². The molecule has 0 unspecified atom stereocenters. The van der Waals surface area contributed by atoms with Crippen LogP contribution >= 0.6 is 0 Å². The van der Waals surface area contributed by atoms with E-state index in [2.05, 4.69) is 17.2 Å². The van der Waals surface area contributed by atoms with Gasteiger partial charge < -0.3 is 5.32 Å². The van der Waals surface area contributed by atoms with Crippen LogP contribution in [0.3, 0.4) is 0 Å². The third kappa shape index (κ3) is 3.73. The topological polar surface area (TPSA) is 44.1 Å². The number of benzene rings is 1. The molecular formula is C14H20N3O+. The van der Waals surface area contributed by atoms with Crippen molar-refractivity contribution in [3.63, 3.8) is 0 Å². The number of hydrogen-bond acceptors (Lipinski definition) is 1. The van der Waals surface area contributed by atoms with E-state index in [1.165, 1.54) is 0 Å². The first kappa shape index (κ1) is 14.0. The van der Waals surface area contributed by atoms with Gasteiger partial charge in [0, 0.05) is 12.5 Å². The molecule has 0 aromatic heterocycles. The van der Waals surface area contributed by atoms with Gasteiger partial charge in [-0.25, -0.2) is 5.32 Å². The first-order chi connectivity index (χ1) is 8.41. The van der Waals surface area contributed by atoms with Crippen molar-refractivity contribution in [2.45, 2.75) is 13.8 Å². The van der Waals surface area contributed by atoms with Crippen LogP contribution in [0.15, 0.2) is 36.4 Å². The van der Waals surface area contributed by atoms with Gasteiger partial charge in [-0.2, -0.15) is 0 Å². The van der Waals surface area contributed by atoms with Crippen molar-refractivity contribution in [1.29, 1.82) is 0 Å². The molecule has 0 fully saturated rings. The highest BCUT2D eigenvalue weighted by Gasteiger charge is 2.11. The Balaban J connectivity index is 2.97. The van der Waals surface area contributed by atoms with Gasteiger partial charge >= 0.3 is 0 Å². The number of hydrogen-bond donors (Lipinski definition) is 2. The van der Waals surface area contributed by atoms with E-state index in [9.17, 15) is 4.79 Å². The van der Waals surface area contributed by atoms with E-state index in [0.717, 1.165) is 17.2 Å². The molecule has 96 valence electrons. The van der Waals surface area contributed by atoms with Crippen molar-refractivity contribution in [2.75, 3.05) is 24.7 Å². The van der Waals surface area contributed by atoms with Crippen LogP contribution in [0.2, 0.25) is 0 Å². The number of carbonyl (C=O) groups excluding carboxylic acids is 1. The number of rotatable bonds is 3. The zero-order valence-corrected chi connectivity index (χ0v) is 11.4. The van der Waals surface area contributed by atoms with Gasteiger partial charge in [-0.3, -0.25) is 9.37 Å². The lowest BCUT2D eigenvalue weighted by Gasteiger charge is -2.09. The number of amides is 1. The molecule has 0 heterocycles. The number of nitrogens with one attached hydrogen (secondary N) is 2. The molecule has 0 aliphatic rings. The molecule has 0 saturated carbocycles. The van der Waals surface area contributed by atoms with Crippen LogP contribution in [0, 0.1) is 0 Å². The van der Waals surface area contributed by atoms with E-state index >= 15 is 0 Å². The molecule has 0 aliphatic heterocycles. The minimum Gasteiger partial charge on any atom is -0.319 e. The molecule has 1 amide bonds. The van der Waals surface area contributed by atoms with Crippen LogP contribution < -0.4 is 10.6 Å². The molecule has 0 radical (unpaired) electrons. The maximum atomic E-state index is 11.6. The molecule has 4 heteroatoms. The SMILES string of the molecule is C=C(C)C(=O)Nc1ccccc1NC(C)=[N+](C)C. The average Bonchev–Trinajstić information content (AvgIpc) is 2.31. The Kier molecular flexibility index (Phi) is 4.66. The lowest BCUT2D eigenvalue weighted by atomic mass is 10.2. The van der Waals surface area contributed by atoms with Crippen LogP contribution in [-0.4, -0.2) is 30.4 Å². The van der Waals surface area contributed by atoms with E-state index in [-0.39, 0.29) is 5.91 Å². The largest absolute Gasteiger partial charge is 0.319 e. The zero-order chi connectivity index (χ0) is 13.7. The molecule has 0 bridgehead atoms. The van der Waals surface area contributed by atoms with Crippen molar-refractivity contribution in [1.82, 2.24) is 0 Å². The van der Waals surface area contributed by atoms with Gasteiger partial charge in [0.25, 0.3) is 5.91 Å². The molecule has 0 saturated heterocycles. The Morgan fingerprint density at radius 3 is 2.06 bits per heavy atom. The lowest BCUT2D eigenvalue weighted by molar-refractivity contribution is -0.464. The first-order valence-electron chi connectivity index (χ1n) is 5.75. The summed E-state index contributed by atoms with van der Waals surface area (Å²) in [5.74, 6) is 0.818. The van der Waals surface area contributed by atoms with Crippen molar-refractivity contribution in [2.24, 2.45) is 0 Å². The maximum absolute atomic E-state index is 11.6. The molecule has 1 rings (SSSR count). The molecule has 1 aromatic carbocycles. The van der Waals surface area contributed by atoms with Gasteiger partial charge in [-0.05, 0) is 19.1 Å². The number of nitrogens with zero attached hydrogens (tertiary/aromatic N) is 1. The number of anilines is 2. The van der Waals surface area contributed by atoms with Crippen LogP contribution in [-0.2, 0) is 4.79 Å². The summed E-state index contributed by atoms with van der Waals surface area (Å²) in [4.78, 5) is 11.6. The summed E-state index contributed by atoms with van der Waals surface area (Å²) in [5, 5.41) is 6.07. The summed E-state index contributed by atoms with van der Waals surface area (Å²) in [7, 11) is 3.91. The molecular weight excluding hydrogens is 226 g/mol. The summed E-state index contributed by atoms with van der Waals surface area (Å²) in [6, 6.07) is 7.57. The third-order valence-electron chi connectivity index (χ3n) is 2.55. The molecule has 0 spiro atoms. The van der Waals surface area contributed by atoms with Gasteiger partial charge in [0.15, 0.2) is 0 Å². The van der Waals surface area contributed by atoms with Gasteiger partial charge in [0.05, 0.1) is 19.8 Å². The van der Waals surface area contributed by atoms with Crippen LogP contribution in [0.5, 0.6) is 0 Å². The van der Waals surface area contributed by atoms with Crippen LogP contribution in [0.25, 0.3) is 0 Å². The lowest BCUT2D eigenvalue weighted by Crippen LogP contribution is -2.20. The molecule has 0 atom stereocenters. The minimum absolute atomic E-state index is 0.174. The second-order valence-corrected chi connectivity index (χ2v) is 4.38. The monoisotopic (exact) mass is 246 g/mol. The quantitative estimate of drug-likeness (QED) is 0.372. The third-order valence-corrected chi connectivity index (χ3v) is 2.55. The molecule has 4 nitrogen and oxygen atoms in total.